The maximum absolute atomic E-state index is 13.2. The third-order valence-electron chi connectivity index (χ3n) is 3.48. The monoisotopic (exact) mass is 371 g/mol. The molecule has 0 amide bonds. The van der Waals surface area contributed by atoms with Gasteiger partial charge in [0.25, 0.3) is 0 Å². The van der Waals surface area contributed by atoms with E-state index in [9.17, 15) is 4.39 Å². The summed E-state index contributed by atoms with van der Waals surface area (Å²) in [5.41, 5.74) is 1.72. The van der Waals surface area contributed by atoms with Gasteiger partial charge in [0.2, 0.25) is 0 Å². The molecule has 2 heterocycles. The van der Waals surface area contributed by atoms with Crippen LogP contribution in [-0.2, 0) is 0 Å². The Labute approximate surface area is 125 Å². The average molecular weight is 371 g/mol. The predicted octanol–water partition coefficient (Wildman–Crippen LogP) is 4.09. The smallest absolute Gasteiger partial charge is 0.124 e. The van der Waals surface area contributed by atoms with Gasteiger partial charge in [-0.1, -0.05) is 18.6 Å². The minimum absolute atomic E-state index is 0.221. The van der Waals surface area contributed by atoms with Crippen molar-refractivity contribution in [2.45, 2.75) is 25.3 Å². The molecular formula is C14H15FIN3. The third kappa shape index (κ3) is 2.81. The molecule has 5 heteroatoms. The van der Waals surface area contributed by atoms with Crippen LogP contribution in [0.15, 0.2) is 30.5 Å². The van der Waals surface area contributed by atoms with Crippen LogP contribution in [0, 0.1) is 5.82 Å². The summed E-state index contributed by atoms with van der Waals surface area (Å²) in [6, 6.07) is 6.94. The molecule has 19 heavy (non-hydrogen) atoms. The first-order valence-corrected chi connectivity index (χ1v) is 7.44. The highest BCUT2D eigenvalue weighted by atomic mass is 127. The van der Waals surface area contributed by atoms with Crippen molar-refractivity contribution >= 4 is 22.9 Å². The van der Waals surface area contributed by atoms with Crippen molar-refractivity contribution in [3.63, 3.8) is 0 Å². The Morgan fingerprint density at radius 2 is 2.26 bits per heavy atom. The molecule has 2 aromatic rings. The van der Waals surface area contributed by atoms with Gasteiger partial charge in [0, 0.05) is 35.0 Å². The van der Waals surface area contributed by atoms with Crippen LogP contribution in [0.5, 0.6) is 0 Å². The van der Waals surface area contributed by atoms with Crippen molar-refractivity contribution in [2.24, 2.45) is 0 Å². The summed E-state index contributed by atoms with van der Waals surface area (Å²) >= 11 is 2.36. The summed E-state index contributed by atoms with van der Waals surface area (Å²) in [4.78, 5) is 7.80. The van der Waals surface area contributed by atoms with Gasteiger partial charge >= 0.3 is 0 Å². The lowest BCUT2D eigenvalue weighted by atomic mass is 10.0. The van der Waals surface area contributed by atoms with Gasteiger partial charge in [0.1, 0.15) is 11.6 Å². The van der Waals surface area contributed by atoms with Crippen molar-refractivity contribution in [2.75, 3.05) is 6.54 Å². The number of rotatable bonds is 2. The lowest BCUT2D eigenvalue weighted by molar-refractivity contribution is 0.293. The highest BCUT2D eigenvalue weighted by molar-refractivity contribution is 14.1. The molecule has 1 aliphatic rings. The summed E-state index contributed by atoms with van der Waals surface area (Å²) in [6.45, 7) is 1.10. The number of aromatic nitrogens is 2. The van der Waals surface area contributed by atoms with Crippen molar-refractivity contribution in [1.29, 1.82) is 0 Å². The summed E-state index contributed by atoms with van der Waals surface area (Å²) < 4.78 is 15.5. The van der Waals surface area contributed by atoms with Crippen molar-refractivity contribution in [3.8, 4) is 11.3 Å². The number of hydrogen-bond donors (Lipinski definition) is 1. The number of hydrogen-bond acceptors (Lipinski definition) is 2. The molecule has 0 saturated carbocycles. The molecule has 1 fully saturated rings. The van der Waals surface area contributed by atoms with Crippen LogP contribution in [0.1, 0.15) is 31.1 Å². The van der Waals surface area contributed by atoms with Crippen LogP contribution in [0.2, 0.25) is 0 Å². The van der Waals surface area contributed by atoms with Crippen LogP contribution in [0.4, 0.5) is 4.39 Å². The molecule has 0 spiro atoms. The molecular weight excluding hydrogens is 356 g/mol. The number of H-pyrrole nitrogens is 1. The second kappa shape index (κ2) is 5.58. The lowest BCUT2D eigenvalue weighted by Crippen LogP contribution is -2.25. The first-order valence-electron chi connectivity index (χ1n) is 6.47. The average Bonchev–Trinajstić information content (AvgIpc) is 2.89. The Hall–Kier alpha value is -0.950. The molecule has 1 aromatic heterocycles. The van der Waals surface area contributed by atoms with Crippen LogP contribution >= 0.6 is 22.9 Å². The fourth-order valence-electron chi connectivity index (χ4n) is 2.47. The van der Waals surface area contributed by atoms with Crippen LogP contribution in [0.3, 0.4) is 0 Å². The zero-order chi connectivity index (χ0) is 13.2. The van der Waals surface area contributed by atoms with Gasteiger partial charge in [0.05, 0.1) is 17.9 Å². The van der Waals surface area contributed by atoms with E-state index >= 15 is 0 Å². The van der Waals surface area contributed by atoms with Crippen LogP contribution < -0.4 is 0 Å². The van der Waals surface area contributed by atoms with E-state index in [1.807, 2.05) is 6.07 Å². The Morgan fingerprint density at radius 3 is 3.05 bits per heavy atom. The first-order chi connectivity index (χ1) is 9.24. The van der Waals surface area contributed by atoms with E-state index in [2.05, 4.69) is 35.9 Å². The van der Waals surface area contributed by atoms with Gasteiger partial charge in [-0.05, 0) is 25.0 Å². The number of nitrogens with zero attached hydrogens (tertiary/aromatic N) is 2. The first kappa shape index (κ1) is 13.1. The summed E-state index contributed by atoms with van der Waals surface area (Å²) in [7, 11) is 0. The minimum Gasteiger partial charge on any atom is -0.341 e. The normalized spacial score (nSPS) is 20.6. The maximum atomic E-state index is 13.2. The van der Waals surface area contributed by atoms with E-state index in [1.165, 1.54) is 25.0 Å². The zero-order valence-electron chi connectivity index (χ0n) is 10.4. The maximum Gasteiger partial charge on any atom is 0.124 e. The van der Waals surface area contributed by atoms with E-state index in [4.69, 9.17) is 0 Å². The van der Waals surface area contributed by atoms with E-state index in [-0.39, 0.29) is 5.82 Å². The third-order valence-corrected chi connectivity index (χ3v) is 4.64. The minimum atomic E-state index is -0.221. The number of nitrogens with one attached hydrogen (secondary N) is 1. The highest BCUT2D eigenvalue weighted by Crippen LogP contribution is 2.32. The predicted molar refractivity (Wildman–Crippen MR) is 81.3 cm³/mol. The molecule has 1 atom stereocenters. The molecule has 1 aromatic carbocycles. The van der Waals surface area contributed by atoms with E-state index in [0.717, 1.165) is 30.0 Å². The van der Waals surface area contributed by atoms with E-state index in [0.29, 0.717) is 6.04 Å². The van der Waals surface area contributed by atoms with Gasteiger partial charge in [-0.3, -0.25) is 0 Å². The second-order valence-electron chi connectivity index (χ2n) is 4.83. The van der Waals surface area contributed by atoms with E-state index in [1.54, 1.807) is 12.3 Å². The molecule has 1 N–H and O–H groups in total. The van der Waals surface area contributed by atoms with Gasteiger partial charge < -0.3 is 4.98 Å². The molecule has 0 aliphatic carbocycles. The molecule has 0 bridgehead atoms. The Bertz CT molecular complexity index is 569. The molecule has 1 unspecified atom stereocenters. The molecule has 0 radical (unpaired) electrons. The van der Waals surface area contributed by atoms with Crippen molar-refractivity contribution in [1.82, 2.24) is 13.1 Å². The molecule has 3 rings (SSSR count). The summed E-state index contributed by atoms with van der Waals surface area (Å²) in [5.74, 6) is 0.759. The Morgan fingerprint density at radius 1 is 1.37 bits per heavy atom. The van der Waals surface area contributed by atoms with Crippen LogP contribution in [0.25, 0.3) is 11.3 Å². The molecule has 1 saturated heterocycles. The molecule has 1 aliphatic heterocycles. The SMILES string of the molecule is Fc1cccc(-c2cnc(C3CCCCN3I)[nH]2)c1. The van der Waals surface area contributed by atoms with Crippen molar-refractivity contribution < 1.29 is 4.39 Å². The molecule has 100 valence electrons. The molecule has 3 nitrogen and oxygen atoms in total. The topological polar surface area (TPSA) is 31.9 Å². The van der Waals surface area contributed by atoms with Gasteiger partial charge in [-0.2, -0.15) is 0 Å². The quantitative estimate of drug-likeness (QED) is 0.637. The second-order valence-corrected chi connectivity index (χ2v) is 6.07. The largest absolute Gasteiger partial charge is 0.341 e. The fourth-order valence-corrected chi connectivity index (χ4v) is 3.36. The number of piperidine rings is 1. The zero-order valence-corrected chi connectivity index (χ0v) is 12.6. The van der Waals surface area contributed by atoms with Gasteiger partial charge in [-0.15, -0.1) is 0 Å². The van der Waals surface area contributed by atoms with Crippen molar-refractivity contribution in [3.05, 3.63) is 42.1 Å². The standard InChI is InChI=1S/C14H15FIN3/c15-11-5-3-4-10(8-11)12-9-17-14(18-12)13-6-1-2-7-19(13)16/h3-5,8-9,13H,1-2,6-7H2,(H,17,18). The fraction of sp³-hybridized carbons (Fsp3) is 0.357. The Balaban J connectivity index is 1.86. The number of aromatic amines is 1. The van der Waals surface area contributed by atoms with E-state index < -0.39 is 0 Å². The van der Waals surface area contributed by atoms with Gasteiger partial charge in [0.15, 0.2) is 0 Å². The van der Waals surface area contributed by atoms with Gasteiger partial charge in [-0.25, -0.2) is 12.5 Å². The number of benzene rings is 1. The Kier molecular flexibility index (Phi) is 3.83. The van der Waals surface area contributed by atoms with Crippen LogP contribution in [-0.4, -0.2) is 19.6 Å². The number of halogens is 2. The summed E-state index contributed by atoms with van der Waals surface area (Å²) in [6.07, 6.45) is 5.40. The number of imidazole rings is 1. The highest BCUT2D eigenvalue weighted by Gasteiger charge is 2.24. The lowest BCUT2D eigenvalue weighted by Gasteiger charge is -2.28. The summed E-state index contributed by atoms with van der Waals surface area (Å²) in [5, 5.41) is 0.